The van der Waals surface area contributed by atoms with E-state index in [0.717, 1.165) is 31.6 Å². The molecule has 1 aliphatic heterocycles. The molecule has 78 valence electrons. The fourth-order valence-electron chi connectivity index (χ4n) is 1.81. The number of piperidine rings is 1. The lowest BCUT2D eigenvalue weighted by Gasteiger charge is -2.28. The Morgan fingerprint density at radius 1 is 1.50 bits per heavy atom. The van der Waals surface area contributed by atoms with Gasteiger partial charge < -0.3 is 4.90 Å². The van der Waals surface area contributed by atoms with Gasteiger partial charge in [0.15, 0.2) is 0 Å². The molecule has 0 aliphatic carbocycles. The van der Waals surface area contributed by atoms with Gasteiger partial charge in [0.05, 0.1) is 17.6 Å². The van der Waals surface area contributed by atoms with Crippen molar-refractivity contribution in [3.63, 3.8) is 0 Å². The quantitative estimate of drug-likeness (QED) is 0.696. The maximum Gasteiger partial charge on any atom is 0.0974 e. The Morgan fingerprint density at radius 2 is 2.21 bits per heavy atom. The van der Waals surface area contributed by atoms with E-state index in [0.29, 0.717) is 11.9 Å². The number of alkyl halides is 1. The van der Waals surface area contributed by atoms with E-state index < -0.39 is 0 Å². The number of aromatic nitrogens is 3. The van der Waals surface area contributed by atoms with Gasteiger partial charge in [0, 0.05) is 6.20 Å². The summed E-state index contributed by atoms with van der Waals surface area (Å²) in [4.78, 5) is 2.34. The molecule has 0 N–H and O–H groups in total. The van der Waals surface area contributed by atoms with E-state index in [1.165, 1.54) is 0 Å². The third-order valence-corrected chi connectivity index (χ3v) is 3.03. The van der Waals surface area contributed by atoms with Crippen LogP contribution in [0.4, 0.5) is 0 Å². The summed E-state index contributed by atoms with van der Waals surface area (Å²) in [6, 6.07) is 0.510. The molecular formula is C9H15ClN4. The zero-order valence-corrected chi connectivity index (χ0v) is 9.11. The molecule has 1 aromatic heterocycles. The van der Waals surface area contributed by atoms with Crippen LogP contribution in [0.1, 0.15) is 24.6 Å². The maximum atomic E-state index is 5.68. The van der Waals surface area contributed by atoms with Crippen molar-refractivity contribution in [1.82, 2.24) is 19.9 Å². The highest BCUT2D eigenvalue weighted by Gasteiger charge is 2.19. The van der Waals surface area contributed by atoms with Crippen LogP contribution in [0, 0.1) is 0 Å². The SMILES string of the molecule is CN1CCC(n2cc(CCl)nn2)CC1. The van der Waals surface area contributed by atoms with Gasteiger partial charge in [-0.3, -0.25) is 0 Å². The number of likely N-dealkylation sites (tertiary alicyclic amines) is 1. The first-order chi connectivity index (χ1) is 6.79. The first kappa shape index (κ1) is 9.93. The van der Waals surface area contributed by atoms with Crippen LogP contribution in [-0.2, 0) is 5.88 Å². The van der Waals surface area contributed by atoms with Gasteiger partial charge in [0.2, 0.25) is 0 Å². The van der Waals surface area contributed by atoms with Gasteiger partial charge in [-0.05, 0) is 33.0 Å². The molecule has 0 bridgehead atoms. The van der Waals surface area contributed by atoms with Crippen molar-refractivity contribution in [1.29, 1.82) is 0 Å². The van der Waals surface area contributed by atoms with E-state index >= 15 is 0 Å². The van der Waals surface area contributed by atoms with Crippen molar-refractivity contribution in [3.8, 4) is 0 Å². The van der Waals surface area contributed by atoms with E-state index in [2.05, 4.69) is 22.3 Å². The molecule has 4 nitrogen and oxygen atoms in total. The average molecular weight is 215 g/mol. The third-order valence-electron chi connectivity index (χ3n) is 2.76. The minimum absolute atomic E-state index is 0.451. The Labute approximate surface area is 88.8 Å². The van der Waals surface area contributed by atoms with Gasteiger partial charge >= 0.3 is 0 Å². The average Bonchev–Trinajstić information content (AvgIpc) is 2.67. The second kappa shape index (κ2) is 4.28. The number of halogens is 1. The highest BCUT2D eigenvalue weighted by atomic mass is 35.5. The summed E-state index contributed by atoms with van der Waals surface area (Å²) in [7, 11) is 2.15. The minimum atomic E-state index is 0.451. The summed E-state index contributed by atoms with van der Waals surface area (Å²) < 4.78 is 1.96. The third kappa shape index (κ3) is 2.07. The predicted molar refractivity (Wildman–Crippen MR) is 55.3 cm³/mol. The largest absolute Gasteiger partial charge is 0.306 e. The van der Waals surface area contributed by atoms with E-state index in [-0.39, 0.29) is 0 Å². The van der Waals surface area contributed by atoms with Gasteiger partial charge in [-0.2, -0.15) is 0 Å². The Morgan fingerprint density at radius 3 is 2.79 bits per heavy atom. The fraction of sp³-hybridized carbons (Fsp3) is 0.778. The van der Waals surface area contributed by atoms with Crippen LogP contribution in [0.2, 0.25) is 0 Å². The highest BCUT2D eigenvalue weighted by molar-refractivity contribution is 6.16. The Bertz CT molecular complexity index is 291. The normalized spacial score (nSPS) is 20.1. The predicted octanol–water partition coefficient (Wildman–Crippen LogP) is 1.28. The maximum absolute atomic E-state index is 5.68. The zero-order valence-electron chi connectivity index (χ0n) is 8.36. The molecule has 5 heteroatoms. The summed E-state index contributed by atoms with van der Waals surface area (Å²) in [5, 5.41) is 8.10. The molecule has 1 aromatic rings. The molecule has 0 atom stereocenters. The van der Waals surface area contributed by atoms with Crippen molar-refractivity contribution < 1.29 is 0 Å². The van der Waals surface area contributed by atoms with E-state index in [9.17, 15) is 0 Å². The molecule has 1 saturated heterocycles. The summed E-state index contributed by atoms with van der Waals surface area (Å²) in [5.74, 6) is 0.451. The van der Waals surface area contributed by atoms with E-state index in [1.807, 2.05) is 10.9 Å². The number of nitrogens with zero attached hydrogens (tertiary/aromatic N) is 4. The van der Waals surface area contributed by atoms with Crippen molar-refractivity contribution >= 4 is 11.6 Å². The van der Waals surface area contributed by atoms with Crippen LogP contribution in [-0.4, -0.2) is 40.0 Å². The van der Waals surface area contributed by atoms with Crippen LogP contribution in [0.25, 0.3) is 0 Å². The van der Waals surface area contributed by atoms with Crippen molar-refractivity contribution in [2.24, 2.45) is 0 Å². The van der Waals surface area contributed by atoms with Gasteiger partial charge in [-0.25, -0.2) is 4.68 Å². The van der Waals surface area contributed by atoms with Crippen LogP contribution in [0.3, 0.4) is 0 Å². The number of hydrogen-bond donors (Lipinski definition) is 0. The monoisotopic (exact) mass is 214 g/mol. The smallest absolute Gasteiger partial charge is 0.0974 e. The second-order valence-corrected chi connectivity index (χ2v) is 4.13. The first-order valence-corrected chi connectivity index (χ1v) is 5.48. The summed E-state index contributed by atoms with van der Waals surface area (Å²) in [5.41, 5.74) is 0.866. The Balaban J connectivity index is 2.01. The Hall–Kier alpha value is -0.610. The van der Waals surface area contributed by atoms with Crippen molar-refractivity contribution in [2.75, 3.05) is 20.1 Å². The lowest BCUT2D eigenvalue weighted by atomic mass is 10.1. The molecule has 0 saturated carbocycles. The van der Waals surface area contributed by atoms with Crippen molar-refractivity contribution in [2.45, 2.75) is 24.8 Å². The molecule has 0 spiro atoms. The molecular weight excluding hydrogens is 200 g/mol. The number of hydrogen-bond acceptors (Lipinski definition) is 3. The fourth-order valence-corrected chi connectivity index (χ4v) is 1.94. The summed E-state index contributed by atoms with van der Waals surface area (Å²) >= 11 is 5.68. The molecule has 0 aromatic carbocycles. The Kier molecular flexibility index (Phi) is 3.03. The minimum Gasteiger partial charge on any atom is -0.306 e. The summed E-state index contributed by atoms with van der Waals surface area (Å²) in [6.07, 6.45) is 4.27. The van der Waals surface area contributed by atoms with Crippen LogP contribution in [0.5, 0.6) is 0 Å². The lowest BCUT2D eigenvalue weighted by Crippen LogP contribution is -2.31. The summed E-state index contributed by atoms with van der Waals surface area (Å²) in [6.45, 7) is 2.28. The molecule has 1 fully saturated rings. The molecule has 0 radical (unpaired) electrons. The van der Waals surface area contributed by atoms with Crippen LogP contribution >= 0.6 is 11.6 Å². The molecule has 2 rings (SSSR count). The van der Waals surface area contributed by atoms with E-state index in [4.69, 9.17) is 11.6 Å². The standard InChI is InChI=1S/C9H15ClN4/c1-13-4-2-9(3-5-13)14-7-8(6-10)11-12-14/h7,9H,2-6H2,1H3. The second-order valence-electron chi connectivity index (χ2n) is 3.86. The van der Waals surface area contributed by atoms with Gasteiger partial charge in [-0.1, -0.05) is 5.21 Å². The topological polar surface area (TPSA) is 34.0 Å². The van der Waals surface area contributed by atoms with Crippen molar-refractivity contribution in [3.05, 3.63) is 11.9 Å². The lowest BCUT2D eigenvalue weighted by molar-refractivity contribution is 0.210. The zero-order chi connectivity index (χ0) is 9.97. The molecule has 14 heavy (non-hydrogen) atoms. The van der Waals surface area contributed by atoms with Gasteiger partial charge in [0.1, 0.15) is 0 Å². The molecule has 1 aliphatic rings. The molecule has 0 unspecified atom stereocenters. The van der Waals surface area contributed by atoms with Gasteiger partial charge in [-0.15, -0.1) is 16.7 Å². The van der Waals surface area contributed by atoms with E-state index in [1.54, 1.807) is 0 Å². The van der Waals surface area contributed by atoms with Crippen LogP contribution in [0.15, 0.2) is 6.20 Å². The molecule has 0 amide bonds. The number of rotatable bonds is 2. The highest BCUT2D eigenvalue weighted by Crippen LogP contribution is 2.20. The van der Waals surface area contributed by atoms with Crippen LogP contribution < -0.4 is 0 Å². The molecule has 2 heterocycles. The van der Waals surface area contributed by atoms with Gasteiger partial charge in [0.25, 0.3) is 0 Å². The first-order valence-electron chi connectivity index (χ1n) is 4.95.